The summed E-state index contributed by atoms with van der Waals surface area (Å²) in [6.07, 6.45) is 8.04. The van der Waals surface area contributed by atoms with Crippen molar-refractivity contribution in [3.63, 3.8) is 0 Å². The van der Waals surface area contributed by atoms with Crippen LogP contribution in [0, 0.1) is 6.92 Å². The molecule has 1 fully saturated rings. The van der Waals surface area contributed by atoms with Crippen molar-refractivity contribution in [1.82, 2.24) is 24.8 Å². The smallest absolute Gasteiger partial charge is 0.170 e. The van der Waals surface area contributed by atoms with E-state index in [0.29, 0.717) is 0 Å². The van der Waals surface area contributed by atoms with Gasteiger partial charge in [-0.3, -0.25) is 4.98 Å². The number of unbranched alkanes of at least 4 members (excludes halogenated alkanes) is 1. The minimum atomic E-state index is 0.00431. The Hall–Kier alpha value is -2.73. The lowest BCUT2D eigenvalue weighted by molar-refractivity contribution is 0.304. The number of nitrogens with one attached hydrogen (secondary N) is 1. The van der Waals surface area contributed by atoms with Crippen LogP contribution in [0.3, 0.4) is 0 Å². The van der Waals surface area contributed by atoms with Crippen LogP contribution in [0.1, 0.15) is 48.8 Å². The van der Waals surface area contributed by atoms with Gasteiger partial charge in [0.2, 0.25) is 0 Å². The second kappa shape index (κ2) is 8.10. The largest absolute Gasteiger partial charge is 0.352 e. The number of thiocarbonyl (C=S) groups is 1. The lowest BCUT2D eigenvalue weighted by Gasteiger charge is -2.28. The zero-order chi connectivity index (χ0) is 19.5. The van der Waals surface area contributed by atoms with Crippen LogP contribution in [0.25, 0.3) is 5.82 Å². The van der Waals surface area contributed by atoms with Gasteiger partial charge in [0.1, 0.15) is 5.82 Å². The third-order valence-corrected chi connectivity index (χ3v) is 5.53. The van der Waals surface area contributed by atoms with E-state index in [2.05, 4.69) is 75.1 Å². The Balaban J connectivity index is 1.78. The average Bonchev–Trinajstić information content (AvgIpc) is 3.32. The van der Waals surface area contributed by atoms with E-state index >= 15 is 0 Å². The van der Waals surface area contributed by atoms with Crippen LogP contribution in [-0.2, 0) is 0 Å². The number of aryl methyl sites for hydroxylation is 1. The van der Waals surface area contributed by atoms with Crippen molar-refractivity contribution < 1.29 is 0 Å². The predicted octanol–water partition coefficient (Wildman–Crippen LogP) is 4.35. The second-order valence-electron chi connectivity index (χ2n) is 7.17. The SMILES string of the molecule is CCCCN1C(=S)N[C@H](c2ccccn2)[C@H]1c1cccn1-c1ccc(C)cn1. The number of nitrogens with zero attached hydrogens (tertiary/aromatic N) is 4. The van der Waals surface area contributed by atoms with Crippen LogP contribution in [0.15, 0.2) is 61.1 Å². The summed E-state index contributed by atoms with van der Waals surface area (Å²) in [6.45, 7) is 5.18. The molecule has 28 heavy (non-hydrogen) atoms. The van der Waals surface area contributed by atoms with Crippen molar-refractivity contribution in [3.8, 4) is 5.82 Å². The lowest BCUT2D eigenvalue weighted by atomic mass is 10.0. The fourth-order valence-corrected chi connectivity index (χ4v) is 4.07. The van der Waals surface area contributed by atoms with Crippen molar-refractivity contribution in [1.29, 1.82) is 0 Å². The molecular weight excluding hydrogens is 366 g/mol. The fraction of sp³-hybridized carbons (Fsp3) is 0.318. The van der Waals surface area contributed by atoms with Crippen LogP contribution in [0.5, 0.6) is 0 Å². The van der Waals surface area contributed by atoms with Gasteiger partial charge in [-0.15, -0.1) is 0 Å². The Morgan fingerprint density at radius 1 is 1.11 bits per heavy atom. The molecule has 1 N–H and O–H groups in total. The standard InChI is InChI=1S/C22H25N5S/c1-3-4-13-27-21(20(25-22(27)28)17-8-5-6-12-23-17)18-9-7-14-26(18)19-11-10-16(2)15-24-19/h5-12,14-15,20-21H,3-4,13H2,1-2H3,(H,25,28)/t20-,21-/m1/s1. The molecule has 0 saturated carbocycles. The van der Waals surface area contributed by atoms with Gasteiger partial charge in [-0.25, -0.2) is 4.98 Å². The van der Waals surface area contributed by atoms with E-state index in [1.165, 1.54) is 0 Å². The Labute approximate surface area is 171 Å². The number of aromatic nitrogens is 3. The summed E-state index contributed by atoms with van der Waals surface area (Å²) in [7, 11) is 0. The molecule has 144 valence electrons. The minimum Gasteiger partial charge on any atom is -0.352 e. The van der Waals surface area contributed by atoms with Crippen molar-refractivity contribution in [2.75, 3.05) is 6.54 Å². The highest BCUT2D eigenvalue weighted by molar-refractivity contribution is 7.80. The molecule has 0 radical (unpaired) electrons. The van der Waals surface area contributed by atoms with Crippen molar-refractivity contribution in [2.45, 2.75) is 38.8 Å². The van der Waals surface area contributed by atoms with Gasteiger partial charge in [-0.2, -0.15) is 0 Å². The van der Waals surface area contributed by atoms with Crippen LogP contribution < -0.4 is 5.32 Å². The zero-order valence-electron chi connectivity index (χ0n) is 16.2. The predicted molar refractivity (Wildman–Crippen MR) is 115 cm³/mol. The molecule has 0 aromatic carbocycles. The molecule has 6 heteroatoms. The zero-order valence-corrected chi connectivity index (χ0v) is 17.1. The quantitative estimate of drug-likeness (QED) is 0.633. The van der Waals surface area contributed by atoms with E-state index in [4.69, 9.17) is 12.2 Å². The molecule has 1 saturated heterocycles. The highest BCUT2D eigenvalue weighted by Gasteiger charge is 2.40. The number of hydrogen-bond donors (Lipinski definition) is 1. The maximum atomic E-state index is 5.72. The van der Waals surface area contributed by atoms with Crippen LogP contribution in [0.2, 0.25) is 0 Å². The first-order valence-corrected chi connectivity index (χ1v) is 10.2. The summed E-state index contributed by atoms with van der Waals surface area (Å²) in [5.41, 5.74) is 3.31. The summed E-state index contributed by atoms with van der Waals surface area (Å²) >= 11 is 5.72. The Morgan fingerprint density at radius 2 is 2.00 bits per heavy atom. The third kappa shape index (κ3) is 3.52. The second-order valence-corrected chi connectivity index (χ2v) is 7.56. The van der Waals surface area contributed by atoms with E-state index in [1.807, 2.05) is 24.5 Å². The minimum absolute atomic E-state index is 0.00431. The van der Waals surface area contributed by atoms with Crippen LogP contribution in [0.4, 0.5) is 0 Å². The van der Waals surface area contributed by atoms with E-state index in [0.717, 1.165) is 47.3 Å². The van der Waals surface area contributed by atoms with E-state index < -0.39 is 0 Å². The van der Waals surface area contributed by atoms with Gasteiger partial charge >= 0.3 is 0 Å². The van der Waals surface area contributed by atoms with Crippen molar-refractivity contribution in [2.24, 2.45) is 0 Å². The molecule has 0 unspecified atom stereocenters. The molecule has 0 aliphatic carbocycles. The molecule has 2 atom stereocenters. The van der Waals surface area contributed by atoms with Gasteiger partial charge in [-0.1, -0.05) is 25.5 Å². The number of hydrogen-bond acceptors (Lipinski definition) is 3. The highest BCUT2D eigenvalue weighted by Crippen LogP contribution is 2.39. The number of pyridine rings is 2. The van der Waals surface area contributed by atoms with Crippen molar-refractivity contribution >= 4 is 17.3 Å². The summed E-state index contributed by atoms with van der Waals surface area (Å²) in [5, 5.41) is 4.31. The third-order valence-electron chi connectivity index (χ3n) is 5.18. The molecule has 5 nitrogen and oxygen atoms in total. The number of rotatable bonds is 6. The topological polar surface area (TPSA) is 46.0 Å². The maximum absolute atomic E-state index is 5.72. The molecule has 4 heterocycles. The normalized spacial score (nSPS) is 19.1. The highest BCUT2D eigenvalue weighted by atomic mass is 32.1. The Kier molecular flexibility index (Phi) is 5.39. The first kappa shape index (κ1) is 18.6. The van der Waals surface area contributed by atoms with Gasteiger partial charge in [-0.05, 0) is 61.5 Å². The van der Waals surface area contributed by atoms with E-state index in [9.17, 15) is 0 Å². The first-order valence-electron chi connectivity index (χ1n) is 9.77. The van der Waals surface area contributed by atoms with Gasteiger partial charge < -0.3 is 14.8 Å². The monoisotopic (exact) mass is 391 g/mol. The molecule has 3 aromatic heterocycles. The summed E-state index contributed by atoms with van der Waals surface area (Å²) < 4.78 is 2.16. The van der Waals surface area contributed by atoms with Crippen LogP contribution in [-0.4, -0.2) is 31.1 Å². The van der Waals surface area contributed by atoms with Crippen LogP contribution >= 0.6 is 12.2 Å². The molecule has 4 rings (SSSR count). The lowest BCUT2D eigenvalue weighted by Crippen LogP contribution is -2.31. The molecule has 0 bridgehead atoms. The first-order chi connectivity index (χ1) is 13.7. The van der Waals surface area contributed by atoms with Gasteiger partial charge in [0, 0.05) is 30.8 Å². The Bertz CT molecular complexity index is 935. The van der Waals surface area contributed by atoms with E-state index in [1.54, 1.807) is 0 Å². The average molecular weight is 392 g/mol. The van der Waals surface area contributed by atoms with Crippen molar-refractivity contribution in [3.05, 3.63) is 78.0 Å². The summed E-state index contributed by atoms with van der Waals surface area (Å²) in [5.74, 6) is 0.915. The molecule has 0 amide bonds. The molecular formula is C22H25N5S. The molecule has 1 aliphatic rings. The summed E-state index contributed by atoms with van der Waals surface area (Å²) in [6, 6.07) is 14.5. The van der Waals surface area contributed by atoms with E-state index in [-0.39, 0.29) is 12.1 Å². The fourth-order valence-electron chi connectivity index (χ4n) is 3.74. The maximum Gasteiger partial charge on any atom is 0.170 e. The molecule has 1 aliphatic heterocycles. The summed E-state index contributed by atoms with van der Waals surface area (Å²) in [4.78, 5) is 11.5. The van der Waals surface area contributed by atoms with Gasteiger partial charge in [0.25, 0.3) is 0 Å². The van der Waals surface area contributed by atoms with Gasteiger partial charge in [0.15, 0.2) is 5.11 Å². The Morgan fingerprint density at radius 3 is 2.71 bits per heavy atom. The molecule has 0 spiro atoms. The molecule has 3 aromatic rings. The van der Waals surface area contributed by atoms with Gasteiger partial charge in [0.05, 0.1) is 17.8 Å².